The van der Waals surface area contributed by atoms with E-state index in [1.54, 1.807) is 0 Å². The number of carbonyl (C=O) groups excluding carboxylic acids is 3. The Hall–Kier alpha value is -3.15. The van der Waals surface area contributed by atoms with Gasteiger partial charge in [-0.1, -0.05) is 312 Å². The van der Waals surface area contributed by atoms with Gasteiger partial charge in [0.25, 0.3) is 0 Å². The molecule has 77 heavy (non-hydrogen) atoms. The number of ether oxygens (including phenoxy) is 3. The Morgan fingerprint density at radius 1 is 0.273 bits per heavy atom. The average Bonchev–Trinajstić information content (AvgIpc) is 3.43. The molecule has 0 aromatic heterocycles. The van der Waals surface area contributed by atoms with Crippen molar-refractivity contribution in [2.45, 2.75) is 348 Å². The molecule has 1 unspecified atom stereocenters. The van der Waals surface area contributed by atoms with Gasteiger partial charge in [0.15, 0.2) is 6.10 Å². The van der Waals surface area contributed by atoms with E-state index in [2.05, 4.69) is 93.7 Å². The molecular weight excluding hydrogens is 949 g/mol. The standard InChI is InChI=1S/C71H126O6/c1-4-7-10-13-16-19-22-25-28-31-32-33-34-35-36-37-38-39-41-43-46-49-52-55-58-61-64-70(73)76-67-68(66-75-69(72)63-60-57-54-51-48-45-42-30-27-24-21-18-15-12-9-6-3)77-71(74)65-62-59-56-53-50-47-44-40-29-26-23-20-17-14-11-8-5-2/h8,11,17,20,26,29-30,42,44,47,53,56,68H,4-7,9-10,12-16,18-19,21-25,27-28,31-41,43,45-46,48-52,54-55,57-67H2,1-3H3/b11-8-,20-17-,29-26-,42-30-,47-44-,56-53-. The fourth-order valence-electron chi connectivity index (χ4n) is 9.71. The molecule has 0 amide bonds. The zero-order valence-electron chi connectivity index (χ0n) is 51.2. The maximum Gasteiger partial charge on any atom is 0.306 e. The Balaban J connectivity index is 4.33. The van der Waals surface area contributed by atoms with Crippen molar-refractivity contribution in [2.24, 2.45) is 0 Å². The van der Waals surface area contributed by atoms with Gasteiger partial charge >= 0.3 is 17.9 Å². The van der Waals surface area contributed by atoms with E-state index in [1.807, 2.05) is 0 Å². The highest BCUT2D eigenvalue weighted by molar-refractivity contribution is 5.71. The molecule has 0 aliphatic rings. The predicted molar refractivity (Wildman–Crippen MR) is 335 cm³/mol. The highest BCUT2D eigenvalue weighted by Crippen LogP contribution is 2.18. The quantitative estimate of drug-likeness (QED) is 0.0261. The molecule has 0 spiro atoms. The molecule has 0 saturated carbocycles. The topological polar surface area (TPSA) is 78.9 Å². The van der Waals surface area contributed by atoms with Crippen LogP contribution in [0.1, 0.15) is 342 Å². The van der Waals surface area contributed by atoms with E-state index >= 15 is 0 Å². The third-order valence-corrected chi connectivity index (χ3v) is 14.7. The first-order valence-corrected chi connectivity index (χ1v) is 33.4. The van der Waals surface area contributed by atoms with Crippen molar-refractivity contribution in [1.29, 1.82) is 0 Å². The smallest absolute Gasteiger partial charge is 0.306 e. The van der Waals surface area contributed by atoms with E-state index in [-0.39, 0.29) is 37.5 Å². The van der Waals surface area contributed by atoms with Gasteiger partial charge < -0.3 is 14.2 Å². The zero-order valence-corrected chi connectivity index (χ0v) is 51.2. The zero-order chi connectivity index (χ0) is 55.7. The predicted octanol–water partition coefficient (Wildman–Crippen LogP) is 22.9. The summed E-state index contributed by atoms with van der Waals surface area (Å²) in [6.07, 6.45) is 85.1. The van der Waals surface area contributed by atoms with Crippen molar-refractivity contribution in [2.75, 3.05) is 13.2 Å². The maximum absolute atomic E-state index is 12.9. The Morgan fingerprint density at radius 2 is 0.519 bits per heavy atom. The van der Waals surface area contributed by atoms with Crippen LogP contribution in [0.2, 0.25) is 0 Å². The van der Waals surface area contributed by atoms with Crippen LogP contribution in [0.4, 0.5) is 0 Å². The SMILES string of the molecule is CC/C=C\C/C=C\C/C=C\C/C=C\C/C=C\CCCC(=O)OC(COC(=O)CCCCCCC/C=C\CCCCCCCCC)COC(=O)CCCCCCCCCCCCCCCCCCCCCCCCCCCC. The molecule has 1 atom stereocenters. The summed E-state index contributed by atoms with van der Waals surface area (Å²) in [5.41, 5.74) is 0. The summed E-state index contributed by atoms with van der Waals surface area (Å²) < 4.78 is 16.9. The van der Waals surface area contributed by atoms with Gasteiger partial charge in [-0.25, -0.2) is 0 Å². The Labute approximate surface area is 478 Å². The first-order chi connectivity index (χ1) is 38.0. The van der Waals surface area contributed by atoms with Crippen LogP contribution < -0.4 is 0 Å². The van der Waals surface area contributed by atoms with Gasteiger partial charge in [0.05, 0.1) is 0 Å². The van der Waals surface area contributed by atoms with Gasteiger partial charge in [-0.15, -0.1) is 0 Å². The van der Waals surface area contributed by atoms with Crippen LogP contribution in [0.15, 0.2) is 72.9 Å². The minimum Gasteiger partial charge on any atom is -0.462 e. The third-order valence-electron chi connectivity index (χ3n) is 14.7. The lowest BCUT2D eigenvalue weighted by Crippen LogP contribution is -2.30. The summed E-state index contributed by atoms with van der Waals surface area (Å²) in [5, 5.41) is 0. The van der Waals surface area contributed by atoms with Crippen LogP contribution in [0.5, 0.6) is 0 Å². The highest BCUT2D eigenvalue weighted by atomic mass is 16.6. The van der Waals surface area contributed by atoms with Crippen LogP contribution in [-0.2, 0) is 28.6 Å². The van der Waals surface area contributed by atoms with Crippen LogP contribution in [0, 0.1) is 0 Å². The fourth-order valence-corrected chi connectivity index (χ4v) is 9.71. The first-order valence-electron chi connectivity index (χ1n) is 33.4. The van der Waals surface area contributed by atoms with Crippen LogP contribution in [0.25, 0.3) is 0 Å². The summed E-state index contributed by atoms with van der Waals surface area (Å²) in [4.78, 5) is 38.3. The van der Waals surface area contributed by atoms with E-state index in [4.69, 9.17) is 14.2 Å². The molecule has 6 heteroatoms. The highest BCUT2D eigenvalue weighted by Gasteiger charge is 2.19. The van der Waals surface area contributed by atoms with Crippen molar-refractivity contribution < 1.29 is 28.6 Å². The Kier molecular flexibility index (Phi) is 62.7. The van der Waals surface area contributed by atoms with Gasteiger partial charge in [0.1, 0.15) is 13.2 Å². The van der Waals surface area contributed by atoms with Gasteiger partial charge in [0.2, 0.25) is 0 Å². The normalized spacial score (nSPS) is 12.5. The number of carbonyl (C=O) groups is 3. The van der Waals surface area contributed by atoms with Gasteiger partial charge in [0, 0.05) is 19.3 Å². The van der Waals surface area contributed by atoms with Crippen molar-refractivity contribution in [3.63, 3.8) is 0 Å². The molecule has 0 heterocycles. The number of hydrogen-bond donors (Lipinski definition) is 0. The largest absolute Gasteiger partial charge is 0.462 e. The molecule has 6 nitrogen and oxygen atoms in total. The minimum atomic E-state index is -0.808. The molecule has 0 fully saturated rings. The lowest BCUT2D eigenvalue weighted by atomic mass is 10.0. The molecule has 0 saturated heterocycles. The van der Waals surface area contributed by atoms with Gasteiger partial charge in [-0.3, -0.25) is 14.4 Å². The second-order valence-corrected chi connectivity index (χ2v) is 22.4. The van der Waals surface area contributed by atoms with Crippen molar-refractivity contribution in [1.82, 2.24) is 0 Å². The van der Waals surface area contributed by atoms with Crippen LogP contribution in [-0.4, -0.2) is 37.2 Å². The number of unbranched alkanes of at least 4 members (excludes halogenated alkanes) is 38. The third kappa shape index (κ3) is 63.6. The number of esters is 3. The second-order valence-electron chi connectivity index (χ2n) is 22.4. The molecule has 0 bridgehead atoms. The fraction of sp³-hybridized carbons (Fsp3) is 0.789. The molecule has 0 radical (unpaired) electrons. The van der Waals surface area contributed by atoms with Gasteiger partial charge in [-0.2, -0.15) is 0 Å². The Morgan fingerprint density at radius 3 is 0.844 bits per heavy atom. The number of allylic oxidation sites excluding steroid dienone is 12. The monoisotopic (exact) mass is 1070 g/mol. The van der Waals surface area contributed by atoms with E-state index < -0.39 is 6.10 Å². The number of hydrogen-bond acceptors (Lipinski definition) is 6. The van der Waals surface area contributed by atoms with E-state index in [0.29, 0.717) is 19.3 Å². The van der Waals surface area contributed by atoms with Crippen LogP contribution >= 0.6 is 0 Å². The summed E-state index contributed by atoms with van der Waals surface area (Å²) in [6.45, 7) is 6.52. The van der Waals surface area contributed by atoms with E-state index in [0.717, 1.165) is 83.5 Å². The van der Waals surface area contributed by atoms with E-state index in [1.165, 1.54) is 212 Å². The summed E-state index contributed by atoms with van der Waals surface area (Å²) in [5.74, 6) is -0.948. The number of rotatable bonds is 61. The van der Waals surface area contributed by atoms with Crippen molar-refractivity contribution >= 4 is 17.9 Å². The van der Waals surface area contributed by atoms with Crippen LogP contribution in [0.3, 0.4) is 0 Å². The lowest BCUT2D eigenvalue weighted by molar-refractivity contribution is -0.167. The summed E-state index contributed by atoms with van der Waals surface area (Å²) in [6, 6.07) is 0. The average molecular weight is 1080 g/mol. The molecule has 0 rings (SSSR count). The Bertz CT molecular complexity index is 1420. The first kappa shape index (κ1) is 73.8. The second kappa shape index (κ2) is 65.4. The molecule has 0 aromatic rings. The molecular formula is C71H126O6. The summed E-state index contributed by atoms with van der Waals surface area (Å²) in [7, 11) is 0. The lowest BCUT2D eigenvalue weighted by Gasteiger charge is -2.18. The van der Waals surface area contributed by atoms with Crippen molar-refractivity contribution in [3.8, 4) is 0 Å². The molecule has 0 aliphatic heterocycles. The molecule has 446 valence electrons. The van der Waals surface area contributed by atoms with Gasteiger partial charge in [-0.05, 0) is 83.5 Å². The summed E-state index contributed by atoms with van der Waals surface area (Å²) >= 11 is 0. The van der Waals surface area contributed by atoms with Crippen molar-refractivity contribution in [3.05, 3.63) is 72.9 Å². The molecule has 0 N–H and O–H groups in total. The van der Waals surface area contributed by atoms with E-state index in [9.17, 15) is 14.4 Å². The minimum absolute atomic E-state index is 0.0976. The maximum atomic E-state index is 12.9. The molecule has 0 aliphatic carbocycles. The molecule has 0 aromatic carbocycles.